The molecule has 2 rings (SSSR count). The first-order valence-corrected chi connectivity index (χ1v) is 9.02. The second kappa shape index (κ2) is 8.32. The van der Waals surface area contributed by atoms with Crippen LogP contribution in [-0.2, 0) is 9.36 Å². The summed E-state index contributed by atoms with van der Waals surface area (Å²) in [6.45, 7) is 2.55. The number of rotatable bonds is 7. The number of hydrogen-bond acceptors (Lipinski definition) is 5. The zero-order chi connectivity index (χ0) is 15.9. The highest BCUT2D eigenvalue weighted by atomic mass is 35.5. The van der Waals surface area contributed by atoms with E-state index in [4.69, 9.17) is 11.6 Å². The van der Waals surface area contributed by atoms with E-state index in [1.54, 1.807) is 17.3 Å². The van der Waals surface area contributed by atoms with E-state index in [9.17, 15) is 9.36 Å². The molecule has 2 heterocycles. The van der Waals surface area contributed by atoms with Gasteiger partial charge in [0.2, 0.25) is 5.91 Å². The van der Waals surface area contributed by atoms with E-state index in [0.29, 0.717) is 22.9 Å². The molecule has 2 aromatic heterocycles. The standard InChI is InChI=1S/C14H15ClN3O2PS/c1-2-7-18(11(19)5-8-21-20)14-12(15)17-13(22-14)10-4-3-6-16-9-10/h3-4,6,9H,2,5,7-8H2,1H3. The highest BCUT2D eigenvalue weighted by molar-refractivity contribution is 7.23. The minimum absolute atomic E-state index is 0.0260. The zero-order valence-corrected chi connectivity index (χ0v) is 14.5. The van der Waals surface area contributed by atoms with Gasteiger partial charge in [-0.05, 0) is 18.6 Å². The van der Waals surface area contributed by atoms with Crippen LogP contribution in [0.5, 0.6) is 0 Å². The molecule has 0 aliphatic heterocycles. The van der Waals surface area contributed by atoms with Gasteiger partial charge in [0.05, 0.1) is 0 Å². The van der Waals surface area contributed by atoms with Crippen LogP contribution in [0.25, 0.3) is 10.6 Å². The number of halogens is 1. The van der Waals surface area contributed by atoms with Crippen molar-refractivity contribution in [2.45, 2.75) is 19.8 Å². The van der Waals surface area contributed by atoms with Crippen LogP contribution in [0, 0.1) is 0 Å². The Kier molecular flexibility index (Phi) is 6.43. The molecule has 0 spiro atoms. The van der Waals surface area contributed by atoms with Gasteiger partial charge in [-0.3, -0.25) is 14.3 Å². The first kappa shape index (κ1) is 17.0. The molecular formula is C14H15ClN3O2PS. The molecule has 0 atom stereocenters. The number of hydrogen-bond donors (Lipinski definition) is 0. The van der Waals surface area contributed by atoms with E-state index in [1.807, 2.05) is 19.1 Å². The van der Waals surface area contributed by atoms with Crippen molar-refractivity contribution < 1.29 is 9.36 Å². The van der Waals surface area contributed by atoms with Crippen LogP contribution in [0.2, 0.25) is 5.15 Å². The van der Waals surface area contributed by atoms with E-state index in [2.05, 4.69) is 9.97 Å². The minimum atomic E-state index is -0.0894. The maximum atomic E-state index is 12.3. The average Bonchev–Trinajstić information content (AvgIpc) is 2.93. The van der Waals surface area contributed by atoms with E-state index in [1.165, 1.54) is 11.3 Å². The first-order chi connectivity index (χ1) is 10.7. The third kappa shape index (κ3) is 4.09. The lowest BCUT2D eigenvalue weighted by molar-refractivity contribution is -0.118. The summed E-state index contributed by atoms with van der Waals surface area (Å²) < 4.78 is 10.6. The van der Waals surface area contributed by atoms with E-state index in [-0.39, 0.29) is 20.8 Å². The number of anilines is 1. The molecule has 0 unspecified atom stereocenters. The summed E-state index contributed by atoms with van der Waals surface area (Å²) in [6, 6.07) is 3.72. The largest absolute Gasteiger partial charge is 0.301 e. The highest BCUT2D eigenvalue weighted by Gasteiger charge is 2.22. The van der Waals surface area contributed by atoms with Gasteiger partial charge >= 0.3 is 0 Å². The maximum absolute atomic E-state index is 12.3. The predicted molar refractivity (Wildman–Crippen MR) is 90.1 cm³/mol. The summed E-state index contributed by atoms with van der Waals surface area (Å²) in [4.78, 5) is 22.3. The molecule has 8 heteroatoms. The molecule has 5 nitrogen and oxygen atoms in total. The van der Waals surface area contributed by atoms with Crippen molar-refractivity contribution in [3.8, 4) is 10.6 Å². The maximum Gasteiger partial charge on any atom is 0.228 e. The molecule has 0 aliphatic rings. The summed E-state index contributed by atoms with van der Waals surface area (Å²) >= 11 is 7.59. The fourth-order valence-electron chi connectivity index (χ4n) is 1.91. The zero-order valence-electron chi connectivity index (χ0n) is 12.0. The van der Waals surface area contributed by atoms with Crippen molar-refractivity contribution in [1.29, 1.82) is 0 Å². The van der Waals surface area contributed by atoms with Gasteiger partial charge in [0, 0.05) is 37.1 Å². The Morgan fingerprint density at radius 2 is 2.32 bits per heavy atom. The number of nitrogens with zero attached hydrogens (tertiary/aromatic N) is 3. The normalized spacial score (nSPS) is 10.8. The average molecular weight is 356 g/mol. The SMILES string of the molecule is CCCN(C(=O)CCP=O)c1sc(-c2cccnc2)nc1Cl. The van der Waals surface area contributed by atoms with Crippen molar-refractivity contribution in [1.82, 2.24) is 9.97 Å². The third-order valence-corrected chi connectivity index (χ3v) is 4.80. The molecule has 2 aromatic rings. The van der Waals surface area contributed by atoms with Crippen LogP contribution < -0.4 is 4.90 Å². The van der Waals surface area contributed by atoms with Crippen molar-refractivity contribution in [2.75, 3.05) is 17.6 Å². The smallest absolute Gasteiger partial charge is 0.228 e. The van der Waals surface area contributed by atoms with E-state index in [0.717, 1.165) is 17.0 Å². The van der Waals surface area contributed by atoms with Crippen LogP contribution in [0.1, 0.15) is 19.8 Å². The van der Waals surface area contributed by atoms with Gasteiger partial charge in [-0.25, -0.2) is 4.98 Å². The van der Waals surface area contributed by atoms with Crippen LogP contribution in [-0.4, -0.2) is 28.6 Å². The van der Waals surface area contributed by atoms with Gasteiger partial charge in [-0.2, -0.15) is 0 Å². The van der Waals surface area contributed by atoms with Crippen LogP contribution in [0.4, 0.5) is 5.00 Å². The van der Waals surface area contributed by atoms with Gasteiger partial charge < -0.3 is 4.90 Å². The summed E-state index contributed by atoms with van der Waals surface area (Å²) in [5.41, 5.74) is 0.864. The molecule has 0 fully saturated rings. The second-order valence-corrected chi connectivity index (χ2v) is 6.55. The second-order valence-electron chi connectivity index (χ2n) is 4.50. The van der Waals surface area contributed by atoms with Gasteiger partial charge in [0.1, 0.15) is 10.0 Å². The lowest BCUT2D eigenvalue weighted by atomic mass is 10.3. The van der Waals surface area contributed by atoms with Gasteiger partial charge in [-0.15, -0.1) is 0 Å². The summed E-state index contributed by atoms with van der Waals surface area (Å²) in [6.07, 6.45) is 4.74. The molecule has 22 heavy (non-hydrogen) atoms. The Balaban J connectivity index is 2.30. The number of aromatic nitrogens is 2. The van der Waals surface area contributed by atoms with Gasteiger partial charge in [0.15, 0.2) is 13.6 Å². The molecule has 0 aliphatic carbocycles. The van der Waals surface area contributed by atoms with Crippen molar-refractivity contribution in [3.63, 3.8) is 0 Å². The summed E-state index contributed by atoms with van der Waals surface area (Å²) in [7, 11) is -0.0260. The molecule has 0 N–H and O–H groups in total. The predicted octanol–water partition coefficient (Wildman–Crippen LogP) is 4.28. The van der Waals surface area contributed by atoms with Crippen molar-refractivity contribution >= 4 is 42.3 Å². The summed E-state index contributed by atoms with van der Waals surface area (Å²) in [5.74, 6) is -0.0894. The van der Waals surface area contributed by atoms with E-state index < -0.39 is 0 Å². The van der Waals surface area contributed by atoms with Gasteiger partial charge in [0.25, 0.3) is 0 Å². The van der Waals surface area contributed by atoms with E-state index >= 15 is 0 Å². The molecule has 0 saturated carbocycles. The number of thiazole rings is 1. The molecule has 0 radical (unpaired) electrons. The van der Waals surface area contributed by atoms with Crippen molar-refractivity contribution in [2.24, 2.45) is 0 Å². The highest BCUT2D eigenvalue weighted by Crippen LogP contribution is 2.37. The van der Waals surface area contributed by atoms with Crippen LogP contribution >= 0.6 is 31.4 Å². The molecule has 116 valence electrons. The van der Waals surface area contributed by atoms with Crippen LogP contribution in [0.15, 0.2) is 24.5 Å². The Bertz CT molecular complexity index is 651. The molecule has 0 saturated heterocycles. The monoisotopic (exact) mass is 355 g/mol. The molecular weight excluding hydrogens is 341 g/mol. The fourth-order valence-corrected chi connectivity index (χ4v) is 3.54. The number of amides is 1. The van der Waals surface area contributed by atoms with Gasteiger partial charge in [-0.1, -0.05) is 29.9 Å². The van der Waals surface area contributed by atoms with Crippen LogP contribution in [0.3, 0.4) is 0 Å². The fraction of sp³-hybridized carbons (Fsp3) is 0.357. The number of carbonyl (C=O) groups excluding carboxylic acids is 1. The number of carbonyl (C=O) groups is 1. The minimum Gasteiger partial charge on any atom is -0.301 e. The molecule has 1 amide bonds. The lowest BCUT2D eigenvalue weighted by Crippen LogP contribution is -2.31. The Morgan fingerprint density at radius 1 is 1.50 bits per heavy atom. The Morgan fingerprint density at radius 3 is 2.95 bits per heavy atom. The number of pyridine rings is 1. The lowest BCUT2D eigenvalue weighted by Gasteiger charge is -2.19. The first-order valence-electron chi connectivity index (χ1n) is 6.83. The quantitative estimate of drug-likeness (QED) is 0.695. The molecule has 0 aromatic carbocycles. The summed E-state index contributed by atoms with van der Waals surface area (Å²) in [5, 5.41) is 1.67. The molecule has 0 bridgehead atoms. The van der Waals surface area contributed by atoms with Crippen molar-refractivity contribution in [3.05, 3.63) is 29.7 Å². The Hall–Kier alpha value is -1.36. The Labute approximate surface area is 139 Å². The topological polar surface area (TPSA) is 63.2 Å². The third-order valence-electron chi connectivity index (χ3n) is 2.89.